The molecule has 0 N–H and O–H groups in total. The monoisotopic (exact) mass is 401 g/mol. The van der Waals surface area contributed by atoms with Crippen LogP contribution in [-0.2, 0) is 16.3 Å². The Balaban J connectivity index is 1.65. The van der Waals surface area contributed by atoms with Crippen molar-refractivity contribution in [3.8, 4) is 5.75 Å². The minimum atomic E-state index is -0.621. The summed E-state index contributed by atoms with van der Waals surface area (Å²) in [5, 5.41) is 8.77. The quantitative estimate of drug-likeness (QED) is 0.588. The van der Waals surface area contributed by atoms with Crippen molar-refractivity contribution in [2.45, 2.75) is 33.4 Å². The van der Waals surface area contributed by atoms with Gasteiger partial charge < -0.3 is 9.47 Å². The molecule has 0 atom stereocenters. The van der Waals surface area contributed by atoms with Crippen LogP contribution in [0.25, 0.3) is 10.9 Å². The summed E-state index contributed by atoms with van der Waals surface area (Å²) >= 11 is 6.17. The minimum Gasteiger partial charge on any atom is -0.482 e. The lowest BCUT2D eigenvalue weighted by Crippen LogP contribution is -2.27. The normalized spacial score (nSPS) is 11.0. The molecular weight excluding hydrogens is 382 g/mol. The first-order valence-corrected chi connectivity index (χ1v) is 9.15. The van der Waals surface area contributed by atoms with Crippen LogP contribution in [0.4, 0.5) is 0 Å². The lowest BCUT2D eigenvalue weighted by atomic mass is 10.0. The van der Waals surface area contributed by atoms with E-state index in [4.69, 9.17) is 21.1 Å². The van der Waals surface area contributed by atoms with Gasteiger partial charge in [-0.05, 0) is 48.2 Å². The van der Waals surface area contributed by atoms with Crippen LogP contribution in [0.3, 0.4) is 0 Å². The zero-order valence-electron chi connectivity index (χ0n) is 15.8. The van der Waals surface area contributed by atoms with E-state index >= 15 is 0 Å². The van der Waals surface area contributed by atoms with Crippen LogP contribution >= 0.6 is 11.6 Å². The topological polar surface area (TPSA) is 83.3 Å². The van der Waals surface area contributed by atoms with E-state index < -0.39 is 5.97 Å². The Hall–Kier alpha value is -2.93. The van der Waals surface area contributed by atoms with Crippen molar-refractivity contribution >= 4 is 28.5 Å². The molecular formula is C20H20ClN3O4. The Morgan fingerprint density at radius 1 is 1.25 bits per heavy atom. The highest BCUT2D eigenvalue weighted by atomic mass is 35.5. The summed E-state index contributed by atoms with van der Waals surface area (Å²) in [4.78, 5) is 24.4. The van der Waals surface area contributed by atoms with Crippen LogP contribution in [0.1, 0.15) is 30.9 Å². The van der Waals surface area contributed by atoms with Gasteiger partial charge >= 0.3 is 5.97 Å². The van der Waals surface area contributed by atoms with Crippen LogP contribution in [0, 0.1) is 6.92 Å². The Bertz CT molecular complexity index is 1080. The average molecular weight is 402 g/mol. The van der Waals surface area contributed by atoms with Crippen molar-refractivity contribution in [2.24, 2.45) is 0 Å². The van der Waals surface area contributed by atoms with E-state index in [9.17, 15) is 9.59 Å². The molecule has 146 valence electrons. The van der Waals surface area contributed by atoms with E-state index in [0.717, 1.165) is 15.8 Å². The maximum absolute atomic E-state index is 12.3. The van der Waals surface area contributed by atoms with Gasteiger partial charge in [0.05, 0.1) is 5.39 Å². The Morgan fingerprint density at radius 3 is 2.75 bits per heavy atom. The van der Waals surface area contributed by atoms with Gasteiger partial charge in [0.1, 0.15) is 11.3 Å². The summed E-state index contributed by atoms with van der Waals surface area (Å²) in [5.74, 6) is 0.135. The van der Waals surface area contributed by atoms with Gasteiger partial charge in [-0.25, -0.2) is 4.79 Å². The van der Waals surface area contributed by atoms with E-state index in [1.165, 1.54) is 0 Å². The second-order valence-corrected chi connectivity index (χ2v) is 7.05. The number of aryl methyl sites for hydroxylation is 1. The molecule has 0 aliphatic carbocycles. The zero-order valence-corrected chi connectivity index (χ0v) is 16.6. The highest BCUT2D eigenvalue weighted by Crippen LogP contribution is 2.31. The van der Waals surface area contributed by atoms with Crippen LogP contribution < -0.4 is 10.3 Å². The molecule has 0 aliphatic heterocycles. The van der Waals surface area contributed by atoms with Crippen molar-refractivity contribution < 1.29 is 14.3 Å². The number of fused-ring (bicyclic) bond motifs is 1. The second-order valence-electron chi connectivity index (χ2n) is 6.64. The van der Waals surface area contributed by atoms with Gasteiger partial charge in [0, 0.05) is 5.02 Å². The SMILES string of the molecule is Cc1cc(OCC(=O)OCn2nnc3ccccc3c2=O)c(C(C)C)cc1Cl. The summed E-state index contributed by atoms with van der Waals surface area (Å²) in [6.45, 7) is 5.25. The highest BCUT2D eigenvalue weighted by Gasteiger charge is 2.14. The molecule has 1 aromatic heterocycles. The fourth-order valence-electron chi connectivity index (χ4n) is 2.67. The fraction of sp³-hybridized carbons (Fsp3) is 0.300. The molecule has 0 radical (unpaired) electrons. The number of carbonyl (C=O) groups excluding carboxylic acids is 1. The second kappa shape index (κ2) is 8.39. The molecule has 2 aromatic carbocycles. The lowest BCUT2D eigenvalue weighted by Gasteiger charge is -2.15. The molecule has 1 heterocycles. The van der Waals surface area contributed by atoms with Crippen molar-refractivity contribution in [1.82, 2.24) is 15.0 Å². The van der Waals surface area contributed by atoms with Gasteiger partial charge in [-0.3, -0.25) is 4.79 Å². The molecule has 0 aliphatic rings. The number of esters is 1. The number of aromatic nitrogens is 3. The van der Waals surface area contributed by atoms with Gasteiger partial charge in [-0.15, -0.1) is 5.10 Å². The van der Waals surface area contributed by atoms with Crippen LogP contribution in [0.5, 0.6) is 5.75 Å². The standard InChI is InChI=1S/C20H20ClN3O4/c1-12(2)15-9-16(21)13(3)8-18(15)27-10-19(25)28-11-24-20(26)14-6-4-5-7-17(14)22-23-24/h4-9,12H,10-11H2,1-3H3. The Kier molecular flexibility index (Phi) is 5.94. The number of ether oxygens (including phenoxy) is 2. The first-order valence-electron chi connectivity index (χ1n) is 8.78. The number of benzene rings is 2. The van der Waals surface area contributed by atoms with Gasteiger partial charge in [0.2, 0.25) is 0 Å². The van der Waals surface area contributed by atoms with E-state index in [0.29, 0.717) is 21.7 Å². The smallest absolute Gasteiger partial charge is 0.345 e. The lowest BCUT2D eigenvalue weighted by molar-refractivity contribution is -0.150. The largest absolute Gasteiger partial charge is 0.482 e. The molecule has 0 spiro atoms. The Labute approximate surface area is 166 Å². The number of carbonyl (C=O) groups is 1. The van der Waals surface area contributed by atoms with Gasteiger partial charge in [-0.1, -0.05) is 42.8 Å². The third kappa shape index (κ3) is 4.31. The summed E-state index contributed by atoms with van der Waals surface area (Å²) in [6.07, 6.45) is 0. The number of rotatable bonds is 6. The zero-order chi connectivity index (χ0) is 20.3. The number of hydrogen-bond acceptors (Lipinski definition) is 6. The number of nitrogens with zero attached hydrogens (tertiary/aromatic N) is 3. The van der Waals surface area contributed by atoms with E-state index in [1.807, 2.05) is 26.8 Å². The summed E-state index contributed by atoms with van der Waals surface area (Å²) in [7, 11) is 0. The maximum atomic E-state index is 12.3. The Morgan fingerprint density at radius 2 is 2.00 bits per heavy atom. The maximum Gasteiger partial charge on any atom is 0.345 e. The molecule has 0 amide bonds. The molecule has 0 saturated heterocycles. The van der Waals surface area contributed by atoms with Crippen LogP contribution in [0.2, 0.25) is 5.02 Å². The van der Waals surface area contributed by atoms with E-state index in [1.54, 1.807) is 30.3 Å². The molecule has 7 nitrogen and oxygen atoms in total. The van der Waals surface area contributed by atoms with Crippen molar-refractivity contribution in [1.29, 1.82) is 0 Å². The van der Waals surface area contributed by atoms with Crippen LogP contribution in [-0.4, -0.2) is 27.6 Å². The summed E-state index contributed by atoms with van der Waals surface area (Å²) in [5.41, 5.74) is 1.86. The van der Waals surface area contributed by atoms with E-state index in [2.05, 4.69) is 10.3 Å². The molecule has 28 heavy (non-hydrogen) atoms. The molecule has 0 fully saturated rings. The number of halogens is 1. The van der Waals surface area contributed by atoms with Gasteiger partial charge in [0.25, 0.3) is 5.56 Å². The summed E-state index contributed by atoms with van der Waals surface area (Å²) < 4.78 is 11.7. The predicted molar refractivity (Wildman–Crippen MR) is 106 cm³/mol. The van der Waals surface area contributed by atoms with E-state index in [-0.39, 0.29) is 24.8 Å². The minimum absolute atomic E-state index is 0.176. The van der Waals surface area contributed by atoms with Crippen molar-refractivity contribution in [3.05, 3.63) is 62.9 Å². The molecule has 3 aromatic rings. The molecule has 3 rings (SSSR count). The van der Waals surface area contributed by atoms with Gasteiger partial charge in [-0.2, -0.15) is 4.68 Å². The van der Waals surface area contributed by atoms with Gasteiger partial charge in [0.15, 0.2) is 13.3 Å². The first-order chi connectivity index (χ1) is 13.4. The molecule has 8 heteroatoms. The third-order valence-electron chi connectivity index (χ3n) is 4.24. The van der Waals surface area contributed by atoms with Crippen molar-refractivity contribution in [2.75, 3.05) is 6.61 Å². The fourth-order valence-corrected chi connectivity index (χ4v) is 2.84. The average Bonchev–Trinajstić information content (AvgIpc) is 2.68. The van der Waals surface area contributed by atoms with Crippen LogP contribution in [0.15, 0.2) is 41.2 Å². The summed E-state index contributed by atoms with van der Waals surface area (Å²) in [6, 6.07) is 10.5. The molecule has 0 bridgehead atoms. The molecule has 0 saturated carbocycles. The first kappa shape index (κ1) is 19.8. The number of hydrogen-bond donors (Lipinski definition) is 0. The highest BCUT2D eigenvalue weighted by molar-refractivity contribution is 6.31. The third-order valence-corrected chi connectivity index (χ3v) is 4.64. The van der Waals surface area contributed by atoms with Crippen molar-refractivity contribution in [3.63, 3.8) is 0 Å². The molecule has 0 unspecified atom stereocenters. The predicted octanol–water partition coefficient (Wildman–Crippen LogP) is 3.46.